The Morgan fingerprint density at radius 2 is 1.87 bits per heavy atom. The second-order valence-electron chi connectivity index (χ2n) is 7.70. The lowest BCUT2D eigenvalue weighted by atomic mass is 9.90. The summed E-state index contributed by atoms with van der Waals surface area (Å²) in [7, 11) is -2.17. The topological polar surface area (TPSA) is 75.7 Å². The van der Waals surface area contributed by atoms with Gasteiger partial charge in [-0.3, -0.25) is 0 Å². The van der Waals surface area contributed by atoms with E-state index in [0.717, 1.165) is 17.4 Å². The second-order valence-corrected chi connectivity index (χ2v) is 9.48. The molecule has 9 heteroatoms. The monoisotopic (exact) mass is 452 g/mol. The number of carbonyl (C=O) groups excluding carboxylic acids is 1. The van der Waals surface area contributed by atoms with Gasteiger partial charge in [-0.1, -0.05) is 42.5 Å². The van der Waals surface area contributed by atoms with Crippen molar-refractivity contribution in [1.82, 2.24) is 9.62 Å². The van der Waals surface area contributed by atoms with Crippen LogP contribution in [-0.2, 0) is 21.2 Å². The van der Waals surface area contributed by atoms with Crippen LogP contribution in [0.15, 0.2) is 48.5 Å². The zero-order chi connectivity index (χ0) is 22.6. The molecule has 31 heavy (non-hydrogen) atoms. The van der Waals surface area contributed by atoms with E-state index in [9.17, 15) is 22.0 Å². The molecule has 6 nitrogen and oxygen atoms in total. The Balaban J connectivity index is 1.91. The van der Waals surface area contributed by atoms with E-state index in [1.807, 2.05) is 24.3 Å². The molecule has 0 spiro atoms. The minimum atomic E-state index is -3.47. The van der Waals surface area contributed by atoms with E-state index >= 15 is 0 Å². The van der Waals surface area contributed by atoms with E-state index in [4.69, 9.17) is 4.74 Å². The highest BCUT2D eigenvalue weighted by atomic mass is 32.2. The average Bonchev–Trinajstić information content (AvgIpc) is 2.73. The molecule has 0 bridgehead atoms. The second kappa shape index (κ2) is 9.74. The summed E-state index contributed by atoms with van der Waals surface area (Å²) in [5, 5.41) is 0. The minimum Gasteiger partial charge on any atom is -0.453 e. The number of nitrogens with one attached hydrogen (secondary N) is 1. The van der Waals surface area contributed by atoms with Gasteiger partial charge in [0, 0.05) is 18.2 Å². The van der Waals surface area contributed by atoms with Crippen LogP contribution < -0.4 is 4.72 Å². The summed E-state index contributed by atoms with van der Waals surface area (Å²) in [6.07, 6.45) is -0.323. The Labute approximate surface area is 181 Å². The van der Waals surface area contributed by atoms with Gasteiger partial charge in [-0.15, -0.1) is 0 Å². The molecule has 168 valence electrons. The Morgan fingerprint density at radius 1 is 1.19 bits per heavy atom. The Bertz CT molecular complexity index is 1030. The molecule has 2 aromatic rings. The maximum absolute atomic E-state index is 13.1. The van der Waals surface area contributed by atoms with Crippen LogP contribution in [0.2, 0.25) is 0 Å². The molecule has 1 fully saturated rings. The molecule has 2 aromatic carbocycles. The first kappa shape index (κ1) is 23.1. The fourth-order valence-electron chi connectivity index (χ4n) is 4.04. The lowest BCUT2D eigenvalue weighted by Gasteiger charge is -2.40. The number of benzene rings is 2. The molecule has 0 saturated carbocycles. The maximum Gasteiger partial charge on any atom is 0.409 e. The lowest BCUT2D eigenvalue weighted by molar-refractivity contribution is 0.0792. The van der Waals surface area contributed by atoms with Crippen LogP contribution >= 0.6 is 0 Å². The van der Waals surface area contributed by atoms with Crippen molar-refractivity contribution in [1.29, 1.82) is 0 Å². The first-order valence-electron chi connectivity index (χ1n) is 9.97. The summed E-state index contributed by atoms with van der Waals surface area (Å²) in [5.41, 5.74) is 2.25. The molecule has 1 aliphatic heterocycles. The number of hydrogen-bond donors (Lipinski definition) is 1. The number of ether oxygens (including phenoxy) is 1. The predicted octanol–water partition coefficient (Wildman–Crippen LogP) is 3.98. The summed E-state index contributed by atoms with van der Waals surface area (Å²) in [6.45, 7) is 0.468. The first-order chi connectivity index (χ1) is 14.7. The third-order valence-electron chi connectivity index (χ3n) is 5.40. The van der Waals surface area contributed by atoms with Crippen LogP contribution in [0.5, 0.6) is 0 Å². The van der Waals surface area contributed by atoms with Gasteiger partial charge in [0.25, 0.3) is 6.43 Å². The highest BCUT2D eigenvalue weighted by molar-refractivity contribution is 7.88. The summed E-state index contributed by atoms with van der Waals surface area (Å²) in [5.74, 6) is 0. The molecule has 0 aromatic heterocycles. The number of amides is 1. The van der Waals surface area contributed by atoms with Crippen molar-refractivity contribution in [3.63, 3.8) is 0 Å². The number of nitrogens with zero attached hydrogens (tertiary/aromatic N) is 1. The highest BCUT2D eigenvalue weighted by Gasteiger charge is 2.36. The van der Waals surface area contributed by atoms with Crippen LogP contribution in [0.25, 0.3) is 11.1 Å². The van der Waals surface area contributed by atoms with Gasteiger partial charge < -0.3 is 9.64 Å². The van der Waals surface area contributed by atoms with Crippen LogP contribution in [0, 0.1) is 0 Å². The quantitative estimate of drug-likeness (QED) is 0.719. The largest absolute Gasteiger partial charge is 0.453 e. The Morgan fingerprint density at radius 3 is 2.52 bits per heavy atom. The number of methoxy groups -OCH3 is 1. The molecular formula is C22H26F2N2O4S. The number of hydrogen-bond acceptors (Lipinski definition) is 4. The van der Waals surface area contributed by atoms with Crippen molar-refractivity contribution >= 4 is 16.1 Å². The third kappa shape index (κ3) is 6.01. The smallest absolute Gasteiger partial charge is 0.409 e. The van der Waals surface area contributed by atoms with E-state index < -0.39 is 34.6 Å². The van der Waals surface area contributed by atoms with Crippen molar-refractivity contribution in [2.24, 2.45) is 0 Å². The minimum absolute atomic E-state index is 0.0514. The normalized spacial score (nSPS) is 19.5. The van der Waals surface area contributed by atoms with Gasteiger partial charge in [0.1, 0.15) is 0 Å². The maximum atomic E-state index is 13.1. The van der Waals surface area contributed by atoms with Crippen molar-refractivity contribution in [3.8, 4) is 11.1 Å². The number of likely N-dealkylation sites (tertiary alicyclic amines) is 1. The van der Waals surface area contributed by atoms with Crippen LogP contribution in [0.3, 0.4) is 0 Å². The third-order valence-corrected chi connectivity index (χ3v) is 6.13. The lowest BCUT2D eigenvalue weighted by Crippen LogP contribution is -2.57. The van der Waals surface area contributed by atoms with Crippen molar-refractivity contribution < 1.29 is 26.7 Å². The standard InChI is InChI=1S/C22H26F2N2O4S/c1-30-22(27)26-11-5-10-19(25-31(2,28)29)20(26)13-15-6-3-7-16(12-15)17-8-4-9-18(14-17)21(23)24/h3-4,6-9,12,14,19-21,25H,5,10-11,13H2,1-2H3. The van der Waals surface area contributed by atoms with Gasteiger partial charge in [-0.25, -0.2) is 26.7 Å². The van der Waals surface area contributed by atoms with Crippen LogP contribution in [-0.4, -0.2) is 51.4 Å². The number of halogens is 2. The molecule has 1 amide bonds. The molecule has 2 unspecified atom stereocenters. The molecular weight excluding hydrogens is 426 g/mol. The summed E-state index contributed by atoms with van der Waals surface area (Å²) in [4.78, 5) is 13.9. The summed E-state index contributed by atoms with van der Waals surface area (Å²) >= 11 is 0. The zero-order valence-corrected chi connectivity index (χ0v) is 18.2. The van der Waals surface area contributed by atoms with E-state index in [1.165, 1.54) is 19.2 Å². The summed E-state index contributed by atoms with van der Waals surface area (Å²) in [6, 6.07) is 12.7. The van der Waals surface area contributed by atoms with Gasteiger partial charge in [0.15, 0.2) is 0 Å². The van der Waals surface area contributed by atoms with Gasteiger partial charge in [-0.2, -0.15) is 0 Å². The van der Waals surface area contributed by atoms with Gasteiger partial charge in [0.05, 0.1) is 19.4 Å². The Kier molecular flexibility index (Phi) is 7.27. The first-order valence-corrected chi connectivity index (χ1v) is 11.9. The average molecular weight is 453 g/mol. The number of piperidine rings is 1. The van der Waals surface area contributed by atoms with E-state index in [1.54, 1.807) is 17.0 Å². The van der Waals surface area contributed by atoms with Crippen LogP contribution in [0.1, 0.15) is 30.4 Å². The molecule has 1 heterocycles. The Hall–Kier alpha value is -2.52. The van der Waals surface area contributed by atoms with Crippen molar-refractivity contribution in [2.75, 3.05) is 19.9 Å². The van der Waals surface area contributed by atoms with Gasteiger partial charge in [-0.05, 0) is 42.0 Å². The molecule has 2 atom stereocenters. The predicted molar refractivity (Wildman–Crippen MR) is 114 cm³/mol. The van der Waals surface area contributed by atoms with Crippen molar-refractivity contribution in [2.45, 2.75) is 37.8 Å². The molecule has 0 radical (unpaired) electrons. The molecule has 1 N–H and O–H groups in total. The molecule has 0 aliphatic carbocycles. The number of carbonyl (C=O) groups is 1. The molecule has 1 aliphatic rings. The fraction of sp³-hybridized carbons (Fsp3) is 0.409. The molecule has 3 rings (SSSR count). The highest BCUT2D eigenvalue weighted by Crippen LogP contribution is 2.28. The zero-order valence-electron chi connectivity index (χ0n) is 17.4. The van der Waals surface area contributed by atoms with Gasteiger partial charge >= 0.3 is 6.09 Å². The summed E-state index contributed by atoms with van der Waals surface area (Å²) < 4.78 is 57.4. The van der Waals surface area contributed by atoms with E-state index in [0.29, 0.717) is 31.4 Å². The van der Waals surface area contributed by atoms with E-state index in [2.05, 4.69) is 4.72 Å². The van der Waals surface area contributed by atoms with Gasteiger partial charge in [0.2, 0.25) is 10.0 Å². The van der Waals surface area contributed by atoms with Crippen LogP contribution in [0.4, 0.5) is 13.6 Å². The van der Waals surface area contributed by atoms with E-state index in [-0.39, 0.29) is 5.56 Å². The van der Waals surface area contributed by atoms with Crippen molar-refractivity contribution in [3.05, 3.63) is 59.7 Å². The SMILES string of the molecule is COC(=O)N1CCCC(NS(C)(=O)=O)C1Cc1cccc(-c2cccc(C(F)F)c2)c1. The number of sulfonamides is 1. The fourth-order valence-corrected chi connectivity index (χ4v) is 4.86. The number of alkyl halides is 2. The molecule has 1 saturated heterocycles. The number of rotatable bonds is 6.